The number of rotatable bonds is 4. The van der Waals surface area contributed by atoms with E-state index < -0.39 is 0 Å². The van der Waals surface area contributed by atoms with E-state index in [2.05, 4.69) is 21.0 Å². The van der Waals surface area contributed by atoms with Gasteiger partial charge in [0.2, 0.25) is 0 Å². The number of hydrogen-bond acceptors (Lipinski definition) is 5. The van der Waals surface area contributed by atoms with Gasteiger partial charge in [-0.15, -0.1) is 0 Å². The SMILES string of the molecule is c1ccc(CN2CCOC[C@@]3(CC[C@@H](Cn4cccn4)O3)C2)nc1. The molecule has 0 N–H and O–H groups in total. The summed E-state index contributed by atoms with van der Waals surface area (Å²) >= 11 is 0. The van der Waals surface area contributed by atoms with Crippen LogP contribution in [0.15, 0.2) is 42.9 Å². The van der Waals surface area contributed by atoms with Gasteiger partial charge in [-0.05, 0) is 31.0 Å². The van der Waals surface area contributed by atoms with Crippen molar-refractivity contribution in [2.24, 2.45) is 0 Å². The summed E-state index contributed by atoms with van der Waals surface area (Å²) in [6, 6.07) is 8.03. The molecule has 4 rings (SSSR count). The molecule has 2 aromatic heterocycles. The van der Waals surface area contributed by atoms with E-state index in [9.17, 15) is 0 Å². The number of hydrogen-bond donors (Lipinski definition) is 0. The highest BCUT2D eigenvalue weighted by atomic mass is 16.6. The molecule has 2 aliphatic heterocycles. The van der Waals surface area contributed by atoms with E-state index in [-0.39, 0.29) is 11.7 Å². The molecule has 2 aliphatic rings. The average Bonchev–Trinajstić information content (AvgIpc) is 3.19. The van der Waals surface area contributed by atoms with Crippen LogP contribution in [0.25, 0.3) is 0 Å². The highest BCUT2D eigenvalue weighted by molar-refractivity contribution is 5.04. The first-order valence-electron chi connectivity index (χ1n) is 8.67. The maximum Gasteiger partial charge on any atom is 0.105 e. The Balaban J connectivity index is 1.40. The van der Waals surface area contributed by atoms with Gasteiger partial charge >= 0.3 is 0 Å². The average molecular weight is 328 g/mol. The number of pyridine rings is 1. The van der Waals surface area contributed by atoms with Gasteiger partial charge < -0.3 is 9.47 Å². The second-order valence-electron chi connectivity index (χ2n) is 6.77. The predicted molar refractivity (Wildman–Crippen MR) is 89.4 cm³/mol. The smallest absolute Gasteiger partial charge is 0.105 e. The van der Waals surface area contributed by atoms with Crippen LogP contribution in [-0.2, 0) is 22.6 Å². The van der Waals surface area contributed by atoms with Gasteiger partial charge in [-0.3, -0.25) is 14.6 Å². The molecule has 128 valence electrons. The van der Waals surface area contributed by atoms with Crippen LogP contribution in [0.1, 0.15) is 18.5 Å². The minimum Gasteiger partial charge on any atom is -0.377 e. The summed E-state index contributed by atoms with van der Waals surface area (Å²) in [5.74, 6) is 0. The van der Waals surface area contributed by atoms with Crippen LogP contribution in [-0.4, -0.2) is 57.7 Å². The summed E-state index contributed by atoms with van der Waals surface area (Å²) in [4.78, 5) is 6.86. The van der Waals surface area contributed by atoms with E-state index >= 15 is 0 Å². The van der Waals surface area contributed by atoms with Crippen LogP contribution < -0.4 is 0 Å². The zero-order chi connectivity index (χ0) is 16.2. The van der Waals surface area contributed by atoms with Crippen molar-refractivity contribution >= 4 is 0 Å². The van der Waals surface area contributed by atoms with Crippen LogP contribution in [0.4, 0.5) is 0 Å². The third-order valence-electron chi connectivity index (χ3n) is 4.83. The number of nitrogens with zero attached hydrogens (tertiary/aromatic N) is 4. The molecule has 6 heteroatoms. The molecular formula is C18H24N4O2. The van der Waals surface area contributed by atoms with E-state index in [0.29, 0.717) is 6.61 Å². The maximum atomic E-state index is 6.46. The van der Waals surface area contributed by atoms with Crippen molar-refractivity contribution in [3.63, 3.8) is 0 Å². The Labute approximate surface area is 142 Å². The lowest BCUT2D eigenvalue weighted by molar-refractivity contribution is -0.0905. The lowest BCUT2D eigenvalue weighted by Crippen LogP contribution is -2.44. The Morgan fingerprint density at radius 2 is 2.25 bits per heavy atom. The topological polar surface area (TPSA) is 52.4 Å². The Morgan fingerprint density at radius 1 is 1.25 bits per heavy atom. The lowest BCUT2D eigenvalue weighted by atomic mass is 10.00. The summed E-state index contributed by atoms with van der Waals surface area (Å²) < 4.78 is 14.3. The molecule has 24 heavy (non-hydrogen) atoms. The first-order valence-corrected chi connectivity index (χ1v) is 8.67. The molecular weight excluding hydrogens is 304 g/mol. The summed E-state index contributed by atoms with van der Waals surface area (Å²) in [5.41, 5.74) is 0.906. The van der Waals surface area contributed by atoms with Gasteiger partial charge in [-0.25, -0.2) is 0 Å². The van der Waals surface area contributed by atoms with Crippen LogP contribution in [0.5, 0.6) is 0 Å². The fourth-order valence-corrected chi connectivity index (χ4v) is 3.70. The first-order chi connectivity index (χ1) is 11.8. The molecule has 2 saturated heterocycles. The molecule has 0 amide bonds. The van der Waals surface area contributed by atoms with E-state index in [1.54, 1.807) is 0 Å². The number of aromatic nitrogens is 3. The third-order valence-corrected chi connectivity index (χ3v) is 4.83. The van der Waals surface area contributed by atoms with Crippen LogP contribution in [0, 0.1) is 0 Å². The van der Waals surface area contributed by atoms with Gasteiger partial charge in [-0.2, -0.15) is 5.10 Å². The van der Waals surface area contributed by atoms with Gasteiger partial charge in [-0.1, -0.05) is 6.07 Å². The molecule has 2 fully saturated rings. The maximum absolute atomic E-state index is 6.46. The number of ether oxygens (including phenoxy) is 2. The Kier molecular flexibility index (Phi) is 4.60. The van der Waals surface area contributed by atoms with Crippen molar-refractivity contribution in [3.8, 4) is 0 Å². The van der Waals surface area contributed by atoms with E-state index in [0.717, 1.165) is 51.3 Å². The van der Waals surface area contributed by atoms with Crippen LogP contribution >= 0.6 is 0 Å². The molecule has 2 atom stereocenters. The summed E-state index contributed by atoms with van der Waals surface area (Å²) in [7, 11) is 0. The zero-order valence-electron chi connectivity index (χ0n) is 13.9. The van der Waals surface area contributed by atoms with Gasteiger partial charge in [0, 0.05) is 38.2 Å². The van der Waals surface area contributed by atoms with Gasteiger partial charge in [0.25, 0.3) is 0 Å². The normalized spacial score (nSPS) is 28.2. The minimum atomic E-state index is -0.191. The minimum absolute atomic E-state index is 0.191. The van der Waals surface area contributed by atoms with Crippen molar-refractivity contribution < 1.29 is 9.47 Å². The van der Waals surface area contributed by atoms with Crippen molar-refractivity contribution in [1.82, 2.24) is 19.7 Å². The first kappa shape index (κ1) is 15.7. The lowest BCUT2D eigenvalue weighted by Gasteiger charge is -2.31. The van der Waals surface area contributed by atoms with Crippen molar-refractivity contribution in [2.45, 2.75) is 37.6 Å². The van der Waals surface area contributed by atoms with Gasteiger partial charge in [0.1, 0.15) is 5.60 Å². The van der Waals surface area contributed by atoms with E-state index in [1.165, 1.54) is 0 Å². The molecule has 0 unspecified atom stereocenters. The highest BCUT2D eigenvalue weighted by Gasteiger charge is 2.43. The Bertz CT molecular complexity index is 634. The van der Waals surface area contributed by atoms with Crippen molar-refractivity contribution in [1.29, 1.82) is 0 Å². The van der Waals surface area contributed by atoms with E-state index in [4.69, 9.17) is 9.47 Å². The highest BCUT2D eigenvalue weighted by Crippen LogP contribution is 2.33. The van der Waals surface area contributed by atoms with Crippen molar-refractivity contribution in [3.05, 3.63) is 48.5 Å². The van der Waals surface area contributed by atoms with Crippen LogP contribution in [0.2, 0.25) is 0 Å². The molecule has 0 radical (unpaired) electrons. The Morgan fingerprint density at radius 3 is 3.08 bits per heavy atom. The molecule has 6 nitrogen and oxygen atoms in total. The second-order valence-corrected chi connectivity index (χ2v) is 6.77. The predicted octanol–water partition coefficient (Wildman–Crippen LogP) is 1.73. The fraction of sp³-hybridized carbons (Fsp3) is 0.556. The summed E-state index contributed by atoms with van der Waals surface area (Å²) in [6.45, 7) is 4.92. The molecule has 1 spiro atoms. The van der Waals surface area contributed by atoms with E-state index in [1.807, 2.05) is 41.5 Å². The largest absolute Gasteiger partial charge is 0.377 e. The quantitative estimate of drug-likeness (QED) is 0.855. The molecule has 0 saturated carbocycles. The van der Waals surface area contributed by atoms with Gasteiger partial charge in [0.05, 0.1) is 31.6 Å². The summed E-state index contributed by atoms with van der Waals surface area (Å²) in [5, 5.41) is 4.29. The van der Waals surface area contributed by atoms with Gasteiger partial charge in [0.15, 0.2) is 0 Å². The second kappa shape index (κ2) is 7.01. The fourth-order valence-electron chi connectivity index (χ4n) is 3.70. The molecule has 0 bridgehead atoms. The molecule has 0 aliphatic carbocycles. The van der Waals surface area contributed by atoms with Crippen LogP contribution in [0.3, 0.4) is 0 Å². The third kappa shape index (κ3) is 3.66. The van der Waals surface area contributed by atoms with Crippen molar-refractivity contribution in [2.75, 3.05) is 26.3 Å². The molecule has 4 heterocycles. The standard InChI is InChI=1S/C18H24N4O2/c1-2-7-19-16(4-1)12-21-10-11-23-15-18(14-21)6-5-17(24-18)13-22-9-3-8-20-22/h1-4,7-9,17H,5-6,10-15H2/t17-,18+/m0/s1. The monoisotopic (exact) mass is 328 g/mol. The summed E-state index contributed by atoms with van der Waals surface area (Å²) in [6.07, 6.45) is 7.96. The zero-order valence-corrected chi connectivity index (χ0v) is 13.9. The molecule has 0 aromatic carbocycles. The Hall–Kier alpha value is -1.76. The molecule has 2 aromatic rings.